The van der Waals surface area contributed by atoms with Gasteiger partial charge in [0.1, 0.15) is 5.82 Å². The molecule has 188 valence electrons. The zero-order chi connectivity index (χ0) is 25.5. The van der Waals surface area contributed by atoms with Gasteiger partial charge in [0.05, 0.1) is 11.2 Å². The van der Waals surface area contributed by atoms with Crippen molar-refractivity contribution >= 4 is 31.7 Å². The normalized spacial score (nSPS) is 18.1. The topological polar surface area (TPSA) is 27.7 Å². The van der Waals surface area contributed by atoms with Crippen molar-refractivity contribution in [1.29, 1.82) is 0 Å². The molecule has 3 nitrogen and oxygen atoms in total. The van der Waals surface area contributed by atoms with Gasteiger partial charge < -0.3 is 13.7 Å². The molecule has 1 aliphatic rings. The average molecular weight is 487 g/mol. The van der Waals surface area contributed by atoms with E-state index in [1.807, 2.05) is 45.9 Å². The van der Waals surface area contributed by atoms with Crippen molar-refractivity contribution in [3.63, 3.8) is 0 Å². The highest BCUT2D eigenvalue weighted by Crippen LogP contribution is 2.42. The van der Waals surface area contributed by atoms with E-state index in [0.717, 1.165) is 35.9 Å². The Morgan fingerprint density at radius 2 is 1.44 bits per heavy atom. The predicted octanol–water partition coefficient (Wildman–Crippen LogP) is 7.40. The molecule has 1 saturated heterocycles. The smallest absolute Gasteiger partial charge is 0.416 e. The highest BCUT2D eigenvalue weighted by molar-refractivity contribution is 6.77. The van der Waals surface area contributed by atoms with Gasteiger partial charge in [0, 0.05) is 12.0 Å². The molecule has 0 saturated carbocycles. The molecule has 6 heteroatoms. The highest BCUT2D eigenvalue weighted by Gasteiger charge is 2.52. The van der Waals surface area contributed by atoms with E-state index >= 15 is 0 Å². The molecule has 0 atom stereocenters. The summed E-state index contributed by atoms with van der Waals surface area (Å²) in [7, 11) is -2.41. The van der Waals surface area contributed by atoms with Gasteiger partial charge in [-0.1, -0.05) is 65.8 Å². The van der Waals surface area contributed by atoms with Crippen LogP contribution in [0.5, 0.6) is 0 Å². The van der Waals surface area contributed by atoms with Gasteiger partial charge in [-0.05, 0) is 79.6 Å². The van der Waals surface area contributed by atoms with Crippen LogP contribution in [-0.4, -0.2) is 33.2 Å². The number of rotatable bonds is 9. The Bertz CT molecular complexity index is 965. The Kier molecular flexibility index (Phi) is 8.09. The average Bonchev–Trinajstić information content (AvgIpc) is 2.94. The molecule has 0 amide bonds. The zero-order valence-electron chi connectivity index (χ0n) is 22.9. The molecule has 0 aromatic heterocycles. The Morgan fingerprint density at radius 1 is 0.882 bits per heavy atom. The van der Waals surface area contributed by atoms with Crippen molar-refractivity contribution in [3.05, 3.63) is 41.7 Å². The molecule has 0 aliphatic carbocycles. The van der Waals surface area contributed by atoms with E-state index in [0.29, 0.717) is 22.0 Å². The first kappa shape index (κ1) is 27.4. The molecule has 0 N–H and O–H groups in total. The van der Waals surface area contributed by atoms with Crippen molar-refractivity contribution < 1.29 is 18.1 Å². The van der Waals surface area contributed by atoms with Crippen molar-refractivity contribution in [2.75, 3.05) is 6.61 Å². The molecule has 0 bridgehead atoms. The van der Waals surface area contributed by atoms with E-state index in [1.54, 1.807) is 0 Å². The summed E-state index contributed by atoms with van der Waals surface area (Å²) in [6.45, 7) is 22.8. The lowest BCUT2D eigenvalue weighted by atomic mass is 9.74. The van der Waals surface area contributed by atoms with Gasteiger partial charge in [-0.3, -0.25) is 0 Å². The van der Waals surface area contributed by atoms with Gasteiger partial charge in [-0.2, -0.15) is 0 Å². The number of halogens is 1. The maximum Gasteiger partial charge on any atom is 0.495 e. The van der Waals surface area contributed by atoms with Gasteiger partial charge in [-0.15, -0.1) is 0 Å². The van der Waals surface area contributed by atoms with Gasteiger partial charge in [0.25, 0.3) is 0 Å². The summed E-state index contributed by atoms with van der Waals surface area (Å²) in [6.07, 6.45) is 1.73. The van der Waals surface area contributed by atoms with Crippen LogP contribution < -0.4 is 5.46 Å². The third-order valence-electron chi connectivity index (χ3n) is 8.26. The second-order valence-electron chi connectivity index (χ2n) is 11.8. The Balaban J connectivity index is 1.88. The lowest BCUT2D eigenvalue weighted by Crippen LogP contribution is -2.48. The maximum absolute atomic E-state index is 14.8. The molecule has 0 radical (unpaired) electrons. The molecule has 1 heterocycles. The third-order valence-corrected chi connectivity index (χ3v) is 14.4. The fraction of sp³-hybridized carbons (Fsp3) is 0.643. The fourth-order valence-electron chi connectivity index (χ4n) is 5.86. The van der Waals surface area contributed by atoms with Crippen LogP contribution in [-0.2, 0) is 20.2 Å². The number of aryl methyl sites for hydroxylation is 1. The first-order valence-electron chi connectivity index (χ1n) is 12.9. The van der Waals surface area contributed by atoms with Crippen LogP contribution in [0.25, 0.3) is 10.8 Å². The lowest BCUT2D eigenvalue weighted by Gasteiger charge is -2.42. The van der Waals surface area contributed by atoms with Gasteiger partial charge in [0.15, 0.2) is 8.32 Å². The fourth-order valence-corrected chi connectivity index (χ4v) is 11.4. The second-order valence-corrected chi connectivity index (χ2v) is 17.3. The molecule has 3 rings (SSSR count). The van der Waals surface area contributed by atoms with Crippen molar-refractivity contribution in [2.24, 2.45) is 0 Å². The monoisotopic (exact) mass is 486 g/mol. The van der Waals surface area contributed by atoms with Crippen LogP contribution in [0.15, 0.2) is 30.3 Å². The highest BCUT2D eigenvalue weighted by atomic mass is 28.4. The molecule has 2 aromatic rings. The van der Waals surface area contributed by atoms with Crippen LogP contribution in [0.2, 0.25) is 16.6 Å². The zero-order valence-corrected chi connectivity index (χ0v) is 23.9. The minimum absolute atomic E-state index is 0.209. The summed E-state index contributed by atoms with van der Waals surface area (Å²) in [5.41, 5.74) is 2.83. The largest absolute Gasteiger partial charge is 0.495 e. The summed E-state index contributed by atoms with van der Waals surface area (Å²) < 4.78 is 34.3. The summed E-state index contributed by atoms with van der Waals surface area (Å²) in [4.78, 5) is 0. The maximum atomic E-state index is 14.8. The van der Waals surface area contributed by atoms with Crippen LogP contribution >= 0.6 is 0 Å². The van der Waals surface area contributed by atoms with Gasteiger partial charge in [-0.25, -0.2) is 4.39 Å². The molecular weight excluding hydrogens is 442 g/mol. The van der Waals surface area contributed by atoms with Crippen LogP contribution in [0.4, 0.5) is 4.39 Å². The van der Waals surface area contributed by atoms with Gasteiger partial charge in [0.2, 0.25) is 0 Å². The van der Waals surface area contributed by atoms with Crippen molar-refractivity contribution in [2.45, 2.75) is 110 Å². The van der Waals surface area contributed by atoms with Crippen molar-refractivity contribution in [3.8, 4) is 0 Å². The van der Waals surface area contributed by atoms with Crippen LogP contribution in [0, 0.1) is 5.82 Å². The Labute approximate surface area is 208 Å². The van der Waals surface area contributed by atoms with Gasteiger partial charge >= 0.3 is 7.12 Å². The molecule has 0 unspecified atom stereocenters. The molecule has 1 fully saturated rings. The summed E-state index contributed by atoms with van der Waals surface area (Å²) in [5.74, 6) is -0.209. The van der Waals surface area contributed by atoms with E-state index in [2.05, 4.69) is 47.6 Å². The first-order valence-corrected chi connectivity index (χ1v) is 15.1. The summed E-state index contributed by atoms with van der Waals surface area (Å²) in [6, 6.07) is 9.27. The van der Waals surface area contributed by atoms with E-state index < -0.39 is 26.6 Å². The molecular formula is C28H44BFO3Si. The quantitative estimate of drug-likeness (QED) is 0.273. The summed E-state index contributed by atoms with van der Waals surface area (Å²) >= 11 is 0. The predicted molar refractivity (Wildman–Crippen MR) is 145 cm³/mol. The summed E-state index contributed by atoms with van der Waals surface area (Å²) in [5, 5.41) is 1.54. The number of fused-ring (bicyclic) bond motifs is 1. The van der Waals surface area contributed by atoms with Crippen molar-refractivity contribution in [1.82, 2.24) is 0 Å². The molecule has 1 aliphatic heterocycles. The van der Waals surface area contributed by atoms with E-state index in [-0.39, 0.29) is 5.82 Å². The molecule has 2 aromatic carbocycles. The minimum Gasteiger partial charge on any atom is -0.416 e. The standard InChI is InChI=1S/C28H44BFO3Si/c1-19(2)34(20(3)4,21(5)6)31-18-12-14-22-13-11-15-23-25(30)17-16-24(26(22)23)29-32-27(7,8)28(9,10)33-29/h11,13,15-17,19-21H,12,14,18H2,1-10H3. The van der Waals surface area contributed by atoms with Crippen LogP contribution in [0.3, 0.4) is 0 Å². The SMILES string of the molecule is CC(C)[Si](OCCCc1cccc2c(F)ccc(B3OC(C)(C)C(C)(C)O3)c12)(C(C)C)C(C)C. The molecule has 34 heavy (non-hydrogen) atoms. The first-order chi connectivity index (χ1) is 15.7. The lowest BCUT2D eigenvalue weighted by molar-refractivity contribution is 0.00578. The second kappa shape index (κ2) is 10.0. The van der Waals surface area contributed by atoms with E-state index in [9.17, 15) is 4.39 Å². The molecule has 0 spiro atoms. The van der Waals surface area contributed by atoms with E-state index in [1.165, 1.54) is 6.07 Å². The Hall–Kier alpha value is -1.21. The minimum atomic E-state index is -1.89. The number of benzene rings is 2. The number of hydrogen-bond donors (Lipinski definition) is 0. The van der Waals surface area contributed by atoms with Crippen LogP contribution in [0.1, 0.15) is 81.2 Å². The number of hydrogen-bond acceptors (Lipinski definition) is 3. The van der Waals surface area contributed by atoms with E-state index in [4.69, 9.17) is 13.7 Å². The Morgan fingerprint density at radius 3 is 1.97 bits per heavy atom. The third kappa shape index (κ3) is 4.89.